The molecule has 1 unspecified atom stereocenters. The lowest BCUT2D eigenvalue weighted by atomic mass is 10.00. The third kappa shape index (κ3) is 4.10. The van der Waals surface area contributed by atoms with E-state index in [1.165, 1.54) is 27.6 Å². The molecule has 1 atom stereocenters. The maximum Gasteiger partial charge on any atom is 0.301 e. The van der Waals surface area contributed by atoms with Gasteiger partial charge < -0.3 is 9.84 Å². The Morgan fingerprint density at radius 2 is 1.97 bits per heavy atom. The molecule has 0 spiro atoms. The first-order valence-electron chi connectivity index (χ1n) is 10.6. The Kier molecular flexibility index (Phi) is 6.31. The Labute approximate surface area is 219 Å². The average molecular weight is 545 g/mol. The van der Waals surface area contributed by atoms with Gasteiger partial charge in [-0.15, -0.1) is 11.3 Å². The zero-order chi connectivity index (χ0) is 24.9. The molecule has 0 bridgehead atoms. The number of hydrogen-bond donors (Lipinski definition) is 1. The fourth-order valence-electron chi connectivity index (χ4n) is 3.96. The number of anilines is 1. The highest BCUT2D eigenvalue weighted by molar-refractivity contribution is 7.22. The zero-order valence-corrected chi connectivity index (χ0v) is 21.7. The smallest absolute Gasteiger partial charge is 0.301 e. The molecule has 1 fully saturated rings. The maximum atomic E-state index is 13.3. The van der Waals surface area contributed by atoms with Crippen molar-refractivity contribution in [3.63, 3.8) is 0 Å². The summed E-state index contributed by atoms with van der Waals surface area (Å²) in [6.07, 6.45) is 0. The van der Waals surface area contributed by atoms with Gasteiger partial charge in [0, 0.05) is 15.5 Å². The Morgan fingerprint density at radius 3 is 2.69 bits per heavy atom. The van der Waals surface area contributed by atoms with E-state index in [1.54, 1.807) is 24.3 Å². The molecular weight excluding hydrogens is 527 g/mol. The van der Waals surface area contributed by atoms with E-state index in [0.717, 1.165) is 15.1 Å². The number of ketones is 1. The lowest BCUT2D eigenvalue weighted by Crippen LogP contribution is -2.28. The number of fused-ring (bicyclic) bond motifs is 1. The van der Waals surface area contributed by atoms with Crippen LogP contribution in [0.5, 0.6) is 5.75 Å². The molecule has 1 N–H and O–H groups in total. The second-order valence-electron chi connectivity index (χ2n) is 7.83. The fourth-order valence-corrected chi connectivity index (χ4v) is 6.18. The molecule has 1 aliphatic rings. The zero-order valence-electron chi connectivity index (χ0n) is 18.5. The Morgan fingerprint density at radius 1 is 1.17 bits per heavy atom. The van der Waals surface area contributed by atoms with Gasteiger partial charge >= 0.3 is 5.91 Å². The maximum absolute atomic E-state index is 13.3. The van der Waals surface area contributed by atoms with Gasteiger partial charge in [0.15, 0.2) is 5.13 Å². The summed E-state index contributed by atoms with van der Waals surface area (Å²) in [6, 6.07) is 11.2. The number of halogens is 2. The van der Waals surface area contributed by atoms with E-state index in [0.29, 0.717) is 38.6 Å². The molecule has 178 valence electrons. The number of thiophene rings is 1. The predicted molar refractivity (Wildman–Crippen MR) is 141 cm³/mol. The van der Waals surface area contributed by atoms with Crippen molar-refractivity contribution in [3.05, 3.63) is 79.5 Å². The number of carbonyl (C=O) groups is 2. The van der Waals surface area contributed by atoms with Gasteiger partial charge in [0.25, 0.3) is 5.78 Å². The van der Waals surface area contributed by atoms with Crippen molar-refractivity contribution in [2.45, 2.75) is 19.9 Å². The molecule has 0 radical (unpaired) electrons. The van der Waals surface area contributed by atoms with Gasteiger partial charge in [0.2, 0.25) is 0 Å². The topological polar surface area (TPSA) is 79.7 Å². The number of benzene rings is 2. The molecular formula is C25H18Cl2N2O4S2. The van der Waals surface area contributed by atoms with Crippen molar-refractivity contribution >= 4 is 78.7 Å². The summed E-state index contributed by atoms with van der Waals surface area (Å²) in [4.78, 5) is 33.3. The quantitative estimate of drug-likeness (QED) is 0.166. The molecule has 1 aliphatic heterocycles. The molecule has 0 aliphatic carbocycles. The summed E-state index contributed by atoms with van der Waals surface area (Å²) >= 11 is 15.1. The largest absolute Gasteiger partial charge is 0.507 e. The minimum Gasteiger partial charge on any atom is -0.507 e. The molecule has 35 heavy (non-hydrogen) atoms. The molecule has 1 saturated heterocycles. The minimum absolute atomic E-state index is 0.0179. The normalized spacial score (nSPS) is 17.5. The van der Waals surface area contributed by atoms with Crippen LogP contribution in [0.2, 0.25) is 10.0 Å². The number of aliphatic hydroxyl groups is 1. The number of nitrogens with zero attached hydrogens (tertiary/aromatic N) is 2. The summed E-state index contributed by atoms with van der Waals surface area (Å²) in [5.41, 5.74) is 1.82. The first kappa shape index (κ1) is 23.8. The molecule has 4 aromatic rings. The Balaban J connectivity index is 1.69. The van der Waals surface area contributed by atoms with Crippen molar-refractivity contribution in [1.82, 2.24) is 4.98 Å². The number of aromatic nitrogens is 1. The number of ether oxygens (including phenoxy) is 1. The third-order valence-electron chi connectivity index (χ3n) is 5.63. The summed E-state index contributed by atoms with van der Waals surface area (Å²) in [7, 11) is 0. The fraction of sp³-hybridized carbons (Fsp3) is 0.160. The van der Waals surface area contributed by atoms with E-state index >= 15 is 0 Å². The second kappa shape index (κ2) is 9.28. The number of Topliss-reactive ketones (excluding diaryl/α,β-unsaturated/α-hetero) is 1. The van der Waals surface area contributed by atoms with Crippen LogP contribution in [-0.2, 0) is 9.59 Å². The minimum atomic E-state index is -0.835. The van der Waals surface area contributed by atoms with Crippen LogP contribution in [0.1, 0.15) is 29.0 Å². The van der Waals surface area contributed by atoms with Crippen molar-refractivity contribution in [3.8, 4) is 5.75 Å². The number of hydrogen-bond acceptors (Lipinski definition) is 7. The van der Waals surface area contributed by atoms with E-state index in [9.17, 15) is 14.7 Å². The van der Waals surface area contributed by atoms with E-state index in [4.69, 9.17) is 27.9 Å². The van der Waals surface area contributed by atoms with Crippen molar-refractivity contribution < 1.29 is 19.4 Å². The average Bonchev–Trinajstić information content (AvgIpc) is 3.55. The third-order valence-corrected chi connectivity index (χ3v) is 8.29. The molecule has 2 aromatic heterocycles. The number of rotatable bonds is 5. The second-order valence-corrected chi connectivity index (χ2v) is 10.6. The van der Waals surface area contributed by atoms with E-state index in [2.05, 4.69) is 4.98 Å². The molecule has 1 amide bonds. The van der Waals surface area contributed by atoms with Crippen LogP contribution >= 0.6 is 45.9 Å². The highest BCUT2D eigenvalue weighted by Crippen LogP contribution is 2.46. The highest BCUT2D eigenvalue weighted by atomic mass is 35.5. The van der Waals surface area contributed by atoms with E-state index in [1.807, 2.05) is 37.4 Å². The summed E-state index contributed by atoms with van der Waals surface area (Å²) in [5.74, 6) is -1.48. The molecule has 10 heteroatoms. The van der Waals surface area contributed by atoms with Crippen molar-refractivity contribution in [2.24, 2.45) is 0 Å². The molecule has 5 rings (SSSR count). The van der Waals surface area contributed by atoms with Gasteiger partial charge in [-0.1, -0.05) is 40.6 Å². The summed E-state index contributed by atoms with van der Waals surface area (Å²) in [5, 5.41) is 14.4. The number of thiazole rings is 1. The van der Waals surface area contributed by atoms with Gasteiger partial charge in [-0.05, 0) is 61.2 Å². The number of carbonyl (C=O) groups excluding carboxylic acids is 2. The van der Waals surface area contributed by atoms with Crippen LogP contribution in [0.4, 0.5) is 5.13 Å². The summed E-state index contributed by atoms with van der Waals surface area (Å²) in [6.45, 7) is 4.09. The van der Waals surface area contributed by atoms with Gasteiger partial charge in [0.05, 0.1) is 27.4 Å². The molecule has 2 aromatic carbocycles. The van der Waals surface area contributed by atoms with Crippen LogP contribution in [-0.4, -0.2) is 28.4 Å². The van der Waals surface area contributed by atoms with Crippen molar-refractivity contribution in [2.75, 3.05) is 11.5 Å². The van der Waals surface area contributed by atoms with Crippen LogP contribution in [0.3, 0.4) is 0 Å². The van der Waals surface area contributed by atoms with Crippen LogP contribution in [0.25, 0.3) is 16.0 Å². The van der Waals surface area contributed by atoms with Crippen molar-refractivity contribution in [1.29, 1.82) is 0 Å². The summed E-state index contributed by atoms with van der Waals surface area (Å²) < 4.78 is 6.38. The highest BCUT2D eigenvalue weighted by Gasteiger charge is 2.48. The van der Waals surface area contributed by atoms with Crippen LogP contribution in [0, 0.1) is 6.92 Å². The predicted octanol–water partition coefficient (Wildman–Crippen LogP) is 7.00. The lowest BCUT2D eigenvalue weighted by Gasteiger charge is -2.21. The lowest BCUT2D eigenvalue weighted by molar-refractivity contribution is -0.132. The Hall–Kier alpha value is -2.91. The SMILES string of the molecule is CCOc1cc(/C(O)=C2\C(=O)C(=O)N(c3nc4cc(Cl)c(C)cc4s3)C2c2cccs2)ccc1Cl. The number of amides is 1. The first-order chi connectivity index (χ1) is 16.8. The van der Waals surface area contributed by atoms with Gasteiger partial charge in [0.1, 0.15) is 17.6 Å². The molecule has 6 nitrogen and oxygen atoms in total. The number of aliphatic hydroxyl groups excluding tert-OH is 1. The molecule has 3 heterocycles. The monoisotopic (exact) mass is 544 g/mol. The van der Waals surface area contributed by atoms with Gasteiger partial charge in [-0.2, -0.15) is 0 Å². The standard InChI is InChI=1S/C25H18Cl2N2O4S2/c1-3-33-17-10-13(6-7-14(17)26)22(30)20-21(18-5-4-8-34-18)29(24(32)23(20)31)25-28-16-11-15(27)12(2)9-19(16)35-25/h4-11,21,30H,3H2,1-2H3/b22-20+. The van der Waals surface area contributed by atoms with Gasteiger partial charge in [-0.25, -0.2) is 4.98 Å². The number of aryl methyl sites for hydroxylation is 1. The Bertz CT molecular complexity index is 1470. The van der Waals surface area contributed by atoms with Gasteiger partial charge in [-0.3, -0.25) is 14.5 Å². The van der Waals surface area contributed by atoms with Crippen LogP contribution < -0.4 is 9.64 Å². The van der Waals surface area contributed by atoms with Crippen LogP contribution in [0.15, 0.2) is 53.4 Å². The first-order valence-corrected chi connectivity index (χ1v) is 13.1. The van der Waals surface area contributed by atoms with E-state index < -0.39 is 17.7 Å². The molecule has 0 saturated carbocycles. The van der Waals surface area contributed by atoms with E-state index in [-0.39, 0.29) is 11.3 Å².